The van der Waals surface area contributed by atoms with Gasteiger partial charge in [0.25, 0.3) is 6.71 Å². The third-order valence-corrected chi connectivity index (χ3v) is 13.9. The number of anilines is 9. The Balaban J connectivity index is 1.55. The number of nitrogens with zero attached hydrogens (tertiary/aromatic N) is 4. The molecule has 6 heteroatoms. The van der Waals surface area contributed by atoms with Gasteiger partial charge in [-0.15, -0.1) is 11.3 Å². The highest BCUT2D eigenvalue weighted by Gasteiger charge is 2.45. The second-order valence-corrected chi connectivity index (χ2v) is 25.0. The fourth-order valence-corrected chi connectivity index (χ4v) is 9.69. The van der Waals surface area contributed by atoms with Crippen LogP contribution in [0.15, 0.2) is 169 Å². The van der Waals surface area contributed by atoms with Crippen molar-refractivity contribution in [1.82, 2.24) is 4.98 Å². The quantitative estimate of drug-likeness (QED) is 0.155. The molecule has 9 aromatic rings. The number of rotatable bonds is 6. The number of thiazole rings is 1. The van der Waals surface area contributed by atoms with E-state index in [1.54, 1.807) is 104 Å². The molecule has 0 amide bonds. The van der Waals surface area contributed by atoms with Gasteiger partial charge in [0.1, 0.15) is 5.01 Å². The third-order valence-electron chi connectivity index (χ3n) is 13.0. The minimum absolute atomic E-state index is 0.0230. The maximum atomic E-state index is 11.3. The highest BCUT2D eigenvalue weighted by molar-refractivity contribution is 7.21. The van der Waals surface area contributed by atoms with Gasteiger partial charge in [-0.1, -0.05) is 194 Å². The van der Waals surface area contributed by atoms with Crippen LogP contribution >= 0.6 is 11.3 Å². The molecule has 75 heavy (non-hydrogen) atoms. The van der Waals surface area contributed by atoms with Crippen molar-refractivity contribution in [2.45, 2.75) is 131 Å². The first-order valence-corrected chi connectivity index (χ1v) is 25.6. The summed E-state index contributed by atoms with van der Waals surface area (Å²) in [5.41, 5.74) is -14.9. The molecule has 378 valence electrons. The summed E-state index contributed by atoms with van der Waals surface area (Å²) >= 11 is 0.659. The Labute approximate surface area is 491 Å². The van der Waals surface area contributed by atoms with Crippen molar-refractivity contribution in [3.8, 4) is 10.6 Å². The summed E-state index contributed by atoms with van der Waals surface area (Å²) in [5.74, 6) is 0. The fourth-order valence-electron chi connectivity index (χ4n) is 8.81. The second-order valence-electron chi connectivity index (χ2n) is 24.0. The summed E-state index contributed by atoms with van der Waals surface area (Å²) in [6.45, 7) is 23.2. The van der Waals surface area contributed by atoms with E-state index in [4.69, 9.17) is 13.2 Å². The molecule has 11 rings (SSSR count). The number of hydrogen-bond acceptors (Lipinski definition) is 5. The van der Waals surface area contributed by atoms with E-state index in [-0.39, 0.29) is 65.6 Å². The van der Waals surface area contributed by atoms with Crippen molar-refractivity contribution in [1.29, 1.82) is 0 Å². The topological polar surface area (TPSA) is 22.6 Å². The molecule has 0 bridgehead atoms. The van der Waals surface area contributed by atoms with Gasteiger partial charge in [0.05, 0.1) is 54.3 Å². The van der Waals surface area contributed by atoms with Gasteiger partial charge in [0.15, 0.2) is 0 Å². The normalized spacial score (nSPS) is 18.9. The van der Waals surface area contributed by atoms with Crippen molar-refractivity contribution in [2.75, 3.05) is 14.7 Å². The summed E-state index contributed by atoms with van der Waals surface area (Å²) in [6, 6.07) is -22.7. The predicted molar refractivity (Wildman–Crippen MR) is 327 cm³/mol. The van der Waals surface area contributed by atoms with Crippen molar-refractivity contribution in [2.24, 2.45) is 0 Å². The van der Waals surface area contributed by atoms with Crippen LogP contribution in [0.5, 0.6) is 0 Å². The summed E-state index contributed by atoms with van der Waals surface area (Å²) in [7, 11) is 0. The van der Waals surface area contributed by atoms with E-state index in [2.05, 4.69) is 0 Å². The minimum atomic E-state index is -1.97. The maximum Gasteiger partial charge on any atom is 0.252 e. The molecule has 1 aromatic heterocycles. The standard InChI is InChI=1S/C69H73BN4S/c1-65(2,3)45-28-26-44(27-29-45)64-71-57-42-56-59(43-62(57)75-64)74(53-37-48(68(10,11)12)36-49(38-53)69(13,14)15)61-41-54(72(50-22-18-16-19-23-50)51-24-20-17-21-25-51)40-60-63(61)70(56)55-39-47(67(7,8)9)32-35-58(55)73(60)52-33-30-46(31-34-52)66(4,5)6/h16-43H,1-15H3/i16D,17D,18D,19D,20D,21D,22D,23D,24D,25D,26D,27D,28D,29D,30D,31D,32D,33D,34D,35D,36D,37D,38D,39D,40D,41D,42D,43D. The van der Waals surface area contributed by atoms with Crippen molar-refractivity contribution in [3.63, 3.8) is 0 Å². The number of hydrogen-bond donors (Lipinski definition) is 0. The molecule has 2 aliphatic heterocycles. The Bertz CT molecular complexity index is 5100. The van der Waals surface area contributed by atoms with Gasteiger partial charge in [0, 0.05) is 51.1 Å². The average molecular weight is 1030 g/mol. The van der Waals surface area contributed by atoms with E-state index in [0.717, 1.165) is 9.80 Å². The molecular weight excluding hydrogens is 928 g/mol. The van der Waals surface area contributed by atoms with E-state index in [1.165, 1.54) is 0 Å². The van der Waals surface area contributed by atoms with E-state index in [9.17, 15) is 30.2 Å². The maximum absolute atomic E-state index is 11.3. The van der Waals surface area contributed by atoms with Gasteiger partial charge in [-0.25, -0.2) is 4.98 Å². The van der Waals surface area contributed by atoms with Gasteiger partial charge < -0.3 is 14.7 Å². The van der Waals surface area contributed by atoms with Gasteiger partial charge in [-0.3, -0.25) is 0 Å². The summed E-state index contributed by atoms with van der Waals surface area (Å²) < 4.78 is 277. The van der Waals surface area contributed by atoms with E-state index in [0.29, 0.717) is 16.2 Å². The van der Waals surface area contributed by atoms with Crippen LogP contribution < -0.4 is 31.1 Å². The fraction of sp³-hybridized carbons (Fsp3) is 0.290. The van der Waals surface area contributed by atoms with Crippen LogP contribution in [-0.2, 0) is 27.1 Å². The zero-order valence-electron chi connectivity index (χ0n) is 72.8. The average Bonchev–Trinajstić information content (AvgIpc) is 1.09. The molecule has 0 atom stereocenters. The second kappa shape index (κ2) is 17.9. The van der Waals surface area contributed by atoms with Gasteiger partial charge in [-0.05, 0) is 150 Å². The zero-order chi connectivity index (χ0) is 77.5. The van der Waals surface area contributed by atoms with Crippen LogP contribution in [0, 0.1) is 0 Å². The van der Waals surface area contributed by atoms with Gasteiger partial charge in [0.2, 0.25) is 0 Å². The third kappa shape index (κ3) is 9.17. The van der Waals surface area contributed by atoms with E-state index in [1.807, 2.05) is 0 Å². The largest absolute Gasteiger partial charge is 0.311 e. The molecule has 0 radical (unpaired) electrons. The van der Waals surface area contributed by atoms with E-state index < -0.39 is 254 Å². The van der Waals surface area contributed by atoms with Crippen LogP contribution in [0.4, 0.5) is 51.2 Å². The first kappa shape index (κ1) is 27.2. The lowest BCUT2D eigenvalue weighted by Crippen LogP contribution is -2.61. The molecule has 0 unspecified atom stereocenters. The molecule has 0 spiro atoms. The molecule has 0 saturated heterocycles. The zero-order valence-corrected chi connectivity index (χ0v) is 45.6. The number of fused-ring (bicyclic) bond motifs is 5. The Kier molecular flexibility index (Phi) is 6.49. The molecule has 0 N–H and O–H groups in total. The summed E-state index contributed by atoms with van der Waals surface area (Å²) in [5, 5.41) is -0.238. The van der Waals surface area contributed by atoms with Crippen molar-refractivity contribution < 1.29 is 38.4 Å². The summed E-state index contributed by atoms with van der Waals surface area (Å²) in [6.07, 6.45) is 0. The molecule has 8 aromatic carbocycles. The number of aromatic nitrogens is 1. The predicted octanol–water partition coefficient (Wildman–Crippen LogP) is 18.0. The number of para-hydroxylation sites is 2. The van der Waals surface area contributed by atoms with Crippen LogP contribution in [0.1, 0.15) is 170 Å². The highest BCUT2D eigenvalue weighted by Crippen LogP contribution is 2.50. The Morgan fingerprint density at radius 2 is 0.880 bits per heavy atom. The van der Waals surface area contributed by atoms with E-state index >= 15 is 0 Å². The highest BCUT2D eigenvalue weighted by atomic mass is 32.1. The molecule has 0 saturated carbocycles. The minimum Gasteiger partial charge on any atom is -0.311 e. The Morgan fingerprint density at radius 1 is 0.413 bits per heavy atom. The van der Waals surface area contributed by atoms with Crippen LogP contribution in [0.25, 0.3) is 20.8 Å². The molecular formula is C69H73BN4S. The Morgan fingerprint density at radius 3 is 1.39 bits per heavy atom. The van der Waals surface area contributed by atoms with Gasteiger partial charge >= 0.3 is 0 Å². The first-order chi connectivity index (χ1) is 47.1. The lowest BCUT2D eigenvalue weighted by atomic mass is 9.33. The lowest BCUT2D eigenvalue weighted by molar-refractivity contribution is 0.568. The molecule has 4 nitrogen and oxygen atoms in total. The smallest absolute Gasteiger partial charge is 0.252 e. The van der Waals surface area contributed by atoms with Crippen LogP contribution in [-0.4, -0.2) is 11.7 Å². The van der Waals surface area contributed by atoms with Crippen molar-refractivity contribution >= 4 is 95.8 Å². The Hall–Kier alpha value is -6.89. The monoisotopic (exact) mass is 1030 g/mol. The molecule has 0 aliphatic carbocycles. The summed E-state index contributed by atoms with van der Waals surface area (Å²) in [4.78, 5) is 7.37. The van der Waals surface area contributed by atoms with Crippen molar-refractivity contribution in [3.05, 3.63) is 197 Å². The first-order valence-electron chi connectivity index (χ1n) is 38.7. The van der Waals surface area contributed by atoms with Gasteiger partial charge in [-0.2, -0.15) is 0 Å². The molecule has 2 aliphatic rings. The SMILES string of the molecule is [2H]c1c([2H])c([2H])c(N(c2c([2H])c([2H])c([2H])c([2H])c2[2H])c2c([2H])c3c4c(c2[2H])N(c2c([2H])c(C(C)(C)C)c([2H])c(C(C)(C)C)c2[2H])c2c(c([2H])c5nc(-c6c([2H])c([2H])c(C(C)(C)C)c([2H])c6[2H])sc5c2[2H])B4c2c([2H])c(C(C)(C)C)c([2H])c([2H])c2N3c2c([2H])c([2H])c(C(C)(C)C)c([2H])c2[2H])c([2H])c1[2H]. The molecule has 0 fully saturated rings. The molecule has 3 heterocycles. The van der Waals surface area contributed by atoms with Crippen LogP contribution in [0.3, 0.4) is 0 Å². The number of benzene rings is 8. The lowest BCUT2D eigenvalue weighted by Gasteiger charge is -2.45. The van der Waals surface area contributed by atoms with Crippen LogP contribution in [0.2, 0.25) is 0 Å².